The van der Waals surface area contributed by atoms with Crippen molar-refractivity contribution in [3.63, 3.8) is 0 Å². The predicted molar refractivity (Wildman–Crippen MR) is 129 cm³/mol. The van der Waals surface area contributed by atoms with Crippen LogP contribution in [0.4, 0.5) is 5.69 Å². The number of anilines is 1. The van der Waals surface area contributed by atoms with Crippen molar-refractivity contribution in [3.05, 3.63) is 113 Å². The third-order valence-corrected chi connectivity index (χ3v) is 6.14. The summed E-state index contributed by atoms with van der Waals surface area (Å²) in [6.07, 6.45) is 3.24. The first-order valence-electron chi connectivity index (χ1n) is 10.7. The third-order valence-electron chi connectivity index (χ3n) is 6.14. The third kappa shape index (κ3) is 3.38. The van der Waals surface area contributed by atoms with Gasteiger partial charge in [-0.15, -0.1) is 0 Å². The summed E-state index contributed by atoms with van der Waals surface area (Å²) in [7, 11) is 0. The first-order valence-corrected chi connectivity index (χ1v) is 10.7. The van der Waals surface area contributed by atoms with Crippen LogP contribution in [0.25, 0.3) is 16.5 Å². The Morgan fingerprint density at radius 2 is 1.64 bits per heavy atom. The Morgan fingerprint density at radius 1 is 0.909 bits per heavy atom. The Labute approximate surface area is 191 Å². The molecular formula is C28H22N2O3. The number of aliphatic hydroxyl groups is 1. The van der Waals surface area contributed by atoms with Crippen LogP contribution in [-0.2, 0) is 9.59 Å². The molecule has 0 aliphatic carbocycles. The normalized spacial score (nSPS) is 17.6. The Bertz CT molecular complexity index is 1440. The minimum Gasteiger partial charge on any atom is -0.507 e. The van der Waals surface area contributed by atoms with Crippen molar-refractivity contribution in [1.82, 2.24) is 4.98 Å². The smallest absolute Gasteiger partial charge is 0.300 e. The number of hydrogen-bond donors (Lipinski definition) is 1. The van der Waals surface area contributed by atoms with Gasteiger partial charge in [0.2, 0.25) is 0 Å². The number of nitrogens with zero attached hydrogens (tertiary/aromatic N) is 2. The second-order valence-corrected chi connectivity index (χ2v) is 8.27. The van der Waals surface area contributed by atoms with Gasteiger partial charge in [-0.05, 0) is 59.5 Å². The maximum absolute atomic E-state index is 13.4. The summed E-state index contributed by atoms with van der Waals surface area (Å²) in [5, 5.41) is 13.2. The molecule has 1 unspecified atom stereocenters. The Morgan fingerprint density at radius 3 is 2.42 bits per heavy atom. The van der Waals surface area contributed by atoms with Crippen LogP contribution >= 0.6 is 0 Å². The molecule has 4 aromatic rings. The molecule has 1 saturated heterocycles. The van der Waals surface area contributed by atoms with E-state index in [1.807, 2.05) is 68.4 Å². The van der Waals surface area contributed by atoms with Crippen LogP contribution < -0.4 is 4.90 Å². The highest BCUT2D eigenvalue weighted by molar-refractivity contribution is 6.52. The van der Waals surface area contributed by atoms with Crippen LogP contribution in [0.15, 0.2) is 90.8 Å². The first-order chi connectivity index (χ1) is 16.0. The number of amides is 1. The number of aromatic nitrogens is 1. The molecule has 2 heterocycles. The van der Waals surface area contributed by atoms with Crippen molar-refractivity contribution in [1.29, 1.82) is 0 Å². The van der Waals surface area contributed by atoms with Gasteiger partial charge in [0.1, 0.15) is 5.76 Å². The lowest BCUT2D eigenvalue weighted by Crippen LogP contribution is -2.30. The van der Waals surface area contributed by atoms with Gasteiger partial charge >= 0.3 is 0 Å². The van der Waals surface area contributed by atoms with E-state index in [4.69, 9.17) is 0 Å². The maximum Gasteiger partial charge on any atom is 0.300 e. The van der Waals surface area contributed by atoms with Gasteiger partial charge in [-0.25, -0.2) is 0 Å². The molecule has 3 aromatic carbocycles. The van der Waals surface area contributed by atoms with Gasteiger partial charge in [0.15, 0.2) is 0 Å². The molecule has 162 valence electrons. The van der Waals surface area contributed by atoms with Crippen LogP contribution in [0.5, 0.6) is 0 Å². The summed E-state index contributed by atoms with van der Waals surface area (Å²) in [5.41, 5.74) is 3.78. The van der Waals surface area contributed by atoms with Crippen LogP contribution in [0.1, 0.15) is 28.3 Å². The topological polar surface area (TPSA) is 70.5 Å². The molecule has 1 fully saturated rings. The quantitative estimate of drug-likeness (QED) is 0.263. The van der Waals surface area contributed by atoms with E-state index in [1.165, 1.54) is 4.90 Å². The number of rotatable bonds is 3. The van der Waals surface area contributed by atoms with E-state index < -0.39 is 17.7 Å². The van der Waals surface area contributed by atoms with E-state index in [0.29, 0.717) is 16.8 Å². The van der Waals surface area contributed by atoms with E-state index in [-0.39, 0.29) is 11.3 Å². The number of Topliss-reactive ketones (excluding diaryl/α,β-unsaturated/α-hetero) is 1. The fraction of sp³-hybridized carbons (Fsp3) is 0.107. The molecule has 0 spiro atoms. The molecule has 1 N–H and O–H groups in total. The van der Waals surface area contributed by atoms with Crippen LogP contribution in [0.3, 0.4) is 0 Å². The van der Waals surface area contributed by atoms with Crippen molar-refractivity contribution in [2.24, 2.45) is 0 Å². The second kappa shape index (κ2) is 8.02. The average Bonchev–Trinajstić information content (AvgIpc) is 3.10. The van der Waals surface area contributed by atoms with Gasteiger partial charge in [-0.1, -0.05) is 54.6 Å². The molecule has 1 aliphatic heterocycles. The molecule has 1 atom stereocenters. The van der Waals surface area contributed by atoms with Crippen molar-refractivity contribution in [3.8, 4) is 0 Å². The summed E-state index contributed by atoms with van der Waals surface area (Å²) in [6, 6.07) is 21.7. The summed E-state index contributed by atoms with van der Waals surface area (Å²) in [4.78, 5) is 32.4. The zero-order valence-corrected chi connectivity index (χ0v) is 18.3. The Kier molecular flexibility index (Phi) is 5.02. The molecule has 1 amide bonds. The lowest BCUT2D eigenvalue weighted by atomic mass is 9.93. The summed E-state index contributed by atoms with van der Waals surface area (Å²) in [6.45, 7) is 3.85. The molecule has 5 heteroatoms. The highest BCUT2D eigenvalue weighted by atomic mass is 16.3. The van der Waals surface area contributed by atoms with Gasteiger partial charge in [-0.3, -0.25) is 19.5 Å². The monoisotopic (exact) mass is 434 g/mol. The second-order valence-electron chi connectivity index (χ2n) is 8.27. The number of aryl methyl sites for hydroxylation is 2. The zero-order chi connectivity index (χ0) is 23.1. The number of pyridine rings is 1. The van der Waals surface area contributed by atoms with Gasteiger partial charge in [0.05, 0.1) is 11.6 Å². The Hall–Kier alpha value is -4.25. The molecular weight excluding hydrogens is 412 g/mol. The van der Waals surface area contributed by atoms with Gasteiger partial charge < -0.3 is 5.11 Å². The standard InChI is InChI=1S/C28H22N2O3/c1-17-10-11-18(2)23(16-17)30-25(20-12-14-29-15-13-20)24(27(32)28(30)33)26(31)22-9-5-7-19-6-3-4-8-21(19)22/h3-16,25,31H,1-2H3/b26-24-. The highest BCUT2D eigenvalue weighted by Gasteiger charge is 2.47. The number of carbonyl (C=O) groups excluding carboxylic acids is 2. The molecule has 33 heavy (non-hydrogen) atoms. The number of aliphatic hydroxyl groups excluding tert-OH is 1. The average molecular weight is 434 g/mol. The van der Waals surface area contributed by atoms with Crippen molar-refractivity contribution < 1.29 is 14.7 Å². The summed E-state index contributed by atoms with van der Waals surface area (Å²) in [5.74, 6) is -1.55. The highest BCUT2D eigenvalue weighted by Crippen LogP contribution is 2.43. The lowest BCUT2D eigenvalue weighted by Gasteiger charge is -2.27. The predicted octanol–water partition coefficient (Wildman–Crippen LogP) is 5.48. The number of ketones is 1. The lowest BCUT2D eigenvalue weighted by molar-refractivity contribution is -0.132. The molecule has 5 rings (SSSR count). The molecule has 0 bridgehead atoms. The zero-order valence-electron chi connectivity index (χ0n) is 18.3. The van der Waals surface area contributed by atoms with Crippen molar-refractivity contribution >= 4 is 33.9 Å². The fourth-order valence-electron chi connectivity index (χ4n) is 4.50. The largest absolute Gasteiger partial charge is 0.507 e. The molecule has 1 aliphatic rings. The number of fused-ring (bicyclic) bond motifs is 1. The Balaban J connectivity index is 1.80. The van der Waals surface area contributed by atoms with Gasteiger partial charge in [-0.2, -0.15) is 0 Å². The summed E-state index contributed by atoms with van der Waals surface area (Å²) >= 11 is 0. The van der Waals surface area contributed by atoms with E-state index in [0.717, 1.165) is 21.9 Å². The van der Waals surface area contributed by atoms with Crippen molar-refractivity contribution in [2.75, 3.05) is 4.90 Å². The van der Waals surface area contributed by atoms with Gasteiger partial charge in [0.25, 0.3) is 11.7 Å². The van der Waals surface area contributed by atoms with Crippen LogP contribution in [-0.4, -0.2) is 21.8 Å². The van der Waals surface area contributed by atoms with Gasteiger partial charge in [0, 0.05) is 23.6 Å². The molecule has 0 saturated carbocycles. The molecule has 1 aromatic heterocycles. The maximum atomic E-state index is 13.4. The fourth-order valence-corrected chi connectivity index (χ4v) is 4.50. The van der Waals surface area contributed by atoms with E-state index >= 15 is 0 Å². The van der Waals surface area contributed by atoms with E-state index in [2.05, 4.69) is 4.98 Å². The van der Waals surface area contributed by atoms with E-state index in [1.54, 1.807) is 30.6 Å². The van der Waals surface area contributed by atoms with Crippen molar-refractivity contribution in [2.45, 2.75) is 19.9 Å². The number of carbonyl (C=O) groups is 2. The molecule has 5 nitrogen and oxygen atoms in total. The SMILES string of the molecule is Cc1ccc(C)c(N2C(=O)C(=O)/C(=C(\O)c3cccc4ccccc34)C2c2ccncc2)c1. The number of hydrogen-bond acceptors (Lipinski definition) is 4. The van der Waals surface area contributed by atoms with Crippen LogP contribution in [0, 0.1) is 13.8 Å². The minimum atomic E-state index is -0.771. The van der Waals surface area contributed by atoms with E-state index in [9.17, 15) is 14.7 Å². The van der Waals surface area contributed by atoms with Crippen LogP contribution in [0.2, 0.25) is 0 Å². The first kappa shape index (κ1) is 20.6. The summed E-state index contributed by atoms with van der Waals surface area (Å²) < 4.78 is 0. The number of benzene rings is 3. The molecule has 0 radical (unpaired) electrons. The minimum absolute atomic E-state index is 0.0726.